The van der Waals surface area contributed by atoms with Crippen LogP contribution < -0.4 is 5.32 Å². The van der Waals surface area contributed by atoms with Crippen molar-refractivity contribution in [2.75, 3.05) is 25.0 Å². The van der Waals surface area contributed by atoms with Gasteiger partial charge in [-0.25, -0.2) is 0 Å². The molecule has 0 aliphatic carbocycles. The third kappa shape index (κ3) is 4.21. The Morgan fingerprint density at radius 1 is 1.14 bits per heavy atom. The number of nitrogens with one attached hydrogen (secondary N) is 1. The first-order valence-electron chi connectivity index (χ1n) is 8.95. The summed E-state index contributed by atoms with van der Waals surface area (Å²) in [6.07, 6.45) is 1.74. The zero-order valence-corrected chi connectivity index (χ0v) is 18.7. The molecular weight excluding hydrogens is 488 g/mol. The summed E-state index contributed by atoms with van der Waals surface area (Å²) in [5.74, 6) is -0.0910. The van der Waals surface area contributed by atoms with E-state index in [0.29, 0.717) is 37.9 Å². The topological polar surface area (TPSA) is 69.6 Å². The van der Waals surface area contributed by atoms with Crippen LogP contribution in [0.4, 0.5) is 5.69 Å². The van der Waals surface area contributed by atoms with E-state index < -0.39 is 0 Å². The Morgan fingerprint density at radius 2 is 1.79 bits per heavy atom. The van der Waals surface area contributed by atoms with Crippen molar-refractivity contribution in [3.05, 3.63) is 56.0 Å². The molecule has 0 radical (unpaired) electrons. The SMILES string of the molecule is CCN(CC)CC(=O)c1ccc2c(c1)C(=Cc1cc(Br)c(O)c(Br)c1)C(=O)N2. The van der Waals surface area contributed by atoms with E-state index in [0.717, 1.165) is 18.7 Å². The number of benzene rings is 2. The van der Waals surface area contributed by atoms with Crippen LogP contribution in [-0.2, 0) is 4.79 Å². The molecule has 2 aromatic carbocycles. The van der Waals surface area contributed by atoms with Crippen LogP contribution in [0.5, 0.6) is 5.75 Å². The molecule has 0 aromatic heterocycles. The van der Waals surface area contributed by atoms with Crippen molar-refractivity contribution in [1.82, 2.24) is 4.90 Å². The van der Waals surface area contributed by atoms with Crippen molar-refractivity contribution in [2.45, 2.75) is 13.8 Å². The summed E-state index contributed by atoms with van der Waals surface area (Å²) in [6.45, 7) is 6.02. The fourth-order valence-corrected chi connectivity index (χ4v) is 4.30. The summed E-state index contributed by atoms with van der Waals surface area (Å²) in [7, 11) is 0. The number of hydrogen-bond donors (Lipinski definition) is 2. The van der Waals surface area contributed by atoms with Gasteiger partial charge in [-0.2, -0.15) is 0 Å². The molecule has 1 heterocycles. The van der Waals surface area contributed by atoms with Crippen LogP contribution in [0, 0.1) is 0 Å². The predicted molar refractivity (Wildman–Crippen MR) is 119 cm³/mol. The number of Topliss-reactive ketones (excluding diaryl/α,β-unsaturated/α-hetero) is 1. The molecule has 2 aromatic rings. The van der Waals surface area contributed by atoms with Crippen molar-refractivity contribution in [1.29, 1.82) is 0 Å². The van der Waals surface area contributed by atoms with Crippen molar-refractivity contribution >= 4 is 60.9 Å². The lowest BCUT2D eigenvalue weighted by Crippen LogP contribution is -2.29. The molecule has 0 bridgehead atoms. The zero-order chi connectivity index (χ0) is 20.4. The van der Waals surface area contributed by atoms with Crippen LogP contribution in [0.15, 0.2) is 39.3 Å². The molecule has 7 heteroatoms. The molecule has 146 valence electrons. The lowest BCUT2D eigenvalue weighted by molar-refractivity contribution is -0.110. The fourth-order valence-electron chi connectivity index (χ4n) is 3.08. The summed E-state index contributed by atoms with van der Waals surface area (Å²) < 4.78 is 1.05. The van der Waals surface area contributed by atoms with E-state index in [4.69, 9.17) is 0 Å². The highest BCUT2D eigenvalue weighted by atomic mass is 79.9. The van der Waals surface area contributed by atoms with E-state index >= 15 is 0 Å². The maximum atomic E-state index is 12.6. The number of fused-ring (bicyclic) bond motifs is 1. The number of hydrogen-bond acceptors (Lipinski definition) is 4. The van der Waals surface area contributed by atoms with Crippen LogP contribution in [0.3, 0.4) is 0 Å². The third-order valence-corrected chi connectivity index (χ3v) is 5.95. The van der Waals surface area contributed by atoms with Gasteiger partial charge in [-0.05, 0) is 86.9 Å². The lowest BCUT2D eigenvalue weighted by Gasteiger charge is -2.17. The van der Waals surface area contributed by atoms with Crippen molar-refractivity contribution in [2.24, 2.45) is 0 Å². The predicted octanol–water partition coefficient (Wildman–Crippen LogP) is 4.93. The quantitative estimate of drug-likeness (QED) is 0.429. The number of phenolic OH excluding ortho intramolecular Hbond substituents is 1. The normalized spacial score (nSPS) is 14.5. The molecule has 1 amide bonds. The molecule has 0 saturated carbocycles. The van der Waals surface area contributed by atoms with Gasteiger partial charge in [0.1, 0.15) is 5.75 Å². The van der Waals surface area contributed by atoms with Crippen molar-refractivity contribution in [3.63, 3.8) is 0 Å². The van der Waals surface area contributed by atoms with E-state index in [1.165, 1.54) is 0 Å². The minimum atomic E-state index is -0.219. The first-order valence-corrected chi connectivity index (χ1v) is 10.5. The molecule has 1 aliphatic rings. The minimum absolute atomic E-state index is 0.0281. The largest absolute Gasteiger partial charge is 0.506 e. The van der Waals surface area contributed by atoms with Gasteiger partial charge in [-0.1, -0.05) is 13.8 Å². The van der Waals surface area contributed by atoms with E-state index in [1.54, 1.807) is 36.4 Å². The van der Waals surface area contributed by atoms with Crippen LogP contribution in [-0.4, -0.2) is 41.3 Å². The number of carbonyl (C=O) groups is 2. The Morgan fingerprint density at radius 3 is 2.39 bits per heavy atom. The Bertz CT molecular complexity index is 959. The monoisotopic (exact) mass is 506 g/mol. The van der Waals surface area contributed by atoms with Gasteiger partial charge in [0.05, 0.1) is 15.5 Å². The van der Waals surface area contributed by atoms with Gasteiger partial charge in [0, 0.05) is 22.4 Å². The number of likely N-dealkylation sites (N-methyl/N-ethyl adjacent to an activating group) is 1. The maximum absolute atomic E-state index is 12.6. The molecular formula is C21H20Br2N2O3. The van der Waals surface area contributed by atoms with Crippen LogP contribution >= 0.6 is 31.9 Å². The third-order valence-electron chi connectivity index (χ3n) is 4.74. The minimum Gasteiger partial charge on any atom is -0.506 e. The van der Waals surface area contributed by atoms with Crippen LogP contribution in [0.25, 0.3) is 11.6 Å². The standard InChI is InChI=1S/C21H20Br2N2O3/c1-3-25(4-2)11-19(26)13-5-6-18-14(10-13)15(21(28)24-18)7-12-8-16(22)20(27)17(23)9-12/h5-10,27H,3-4,11H2,1-2H3,(H,24,28). The second-order valence-corrected chi connectivity index (χ2v) is 8.20. The molecule has 3 rings (SSSR count). The van der Waals surface area contributed by atoms with E-state index in [9.17, 15) is 14.7 Å². The second kappa shape index (κ2) is 8.59. The molecule has 0 unspecified atom stereocenters. The van der Waals surface area contributed by atoms with E-state index in [1.807, 2.05) is 13.8 Å². The number of halogens is 2. The molecule has 0 spiro atoms. The number of anilines is 1. The molecule has 0 atom stereocenters. The number of amides is 1. The van der Waals surface area contributed by atoms with Crippen molar-refractivity contribution in [3.8, 4) is 5.75 Å². The average molecular weight is 508 g/mol. The first kappa shape index (κ1) is 20.8. The van der Waals surface area contributed by atoms with Gasteiger partial charge in [0.15, 0.2) is 5.78 Å². The first-order chi connectivity index (χ1) is 13.3. The van der Waals surface area contributed by atoms with E-state index in [-0.39, 0.29) is 17.4 Å². The Balaban J connectivity index is 1.98. The molecule has 0 saturated heterocycles. The summed E-state index contributed by atoms with van der Waals surface area (Å²) in [4.78, 5) is 27.2. The summed E-state index contributed by atoms with van der Waals surface area (Å²) in [6, 6.07) is 8.75. The number of aromatic hydroxyl groups is 1. The van der Waals surface area contributed by atoms with E-state index in [2.05, 4.69) is 42.1 Å². The highest BCUT2D eigenvalue weighted by Crippen LogP contribution is 2.37. The number of phenols is 1. The highest BCUT2D eigenvalue weighted by molar-refractivity contribution is 9.11. The molecule has 1 aliphatic heterocycles. The van der Waals surface area contributed by atoms with Gasteiger partial charge in [-0.3, -0.25) is 14.5 Å². The maximum Gasteiger partial charge on any atom is 0.256 e. The number of rotatable bonds is 6. The summed E-state index contributed by atoms with van der Waals surface area (Å²) >= 11 is 6.60. The molecule has 5 nitrogen and oxygen atoms in total. The number of ketones is 1. The van der Waals surface area contributed by atoms with Gasteiger partial charge >= 0.3 is 0 Å². The second-order valence-electron chi connectivity index (χ2n) is 6.49. The average Bonchev–Trinajstić information content (AvgIpc) is 2.98. The highest BCUT2D eigenvalue weighted by Gasteiger charge is 2.25. The summed E-state index contributed by atoms with van der Waals surface area (Å²) in [5, 5.41) is 12.7. The Kier molecular flexibility index (Phi) is 6.37. The summed E-state index contributed by atoms with van der Waals surface area (Å²) in [5.41, 5.74) is 3.20. The fraction of sp³-hybridized carbons (Fsp3) is 0.238. The Hall–Kier alpha value is -1.96. The Labute approximate surface area is 180 Å². The number of carbonyl (C=O) groups excluding carboxylic acids is 2. The zero-order valence-electron chi connectivity index (χ0n) is 15.6. The smallest absolute Gasteiger partial charge is 0.256 e. The van der Waals surface area contributed by atoms with Gasteiger partial charge < -0.3 is 10.4 Å². The molecule has 2 N–H and O–H groups in total. The van der Waals surface area contributed by atoms with Gasteiger partial charge in [-0.15, -0.1) is 0 Å². The number of nitrogens with zero attached hydrogens (tertiary/aromatic N) is 1. The van der Waals surface area contributed by atoms with Crippen molar-refractivity contribution < 1.29 is 14.7 Å². The molecule has 0 fully saturated rings. The van der Waals surface area contributed by atoms with Crippen LogP contribution in [0.1, 0.15) is 35.3 Å². The van der Waals surface area contributed by atoms with Crippen LogP contribution in [0.2, 0.25) is 0 Å². The molecule has 28 heavy (non-hydrogen) atoms. The van der Waals surface area contributed by atoms with Gasteiger partial charge in [0.25, 0.3) is 5.91 Å². The lowest BCUT2D eigenvalue weighted by atomic mass is 10.00. The van der Waals surface area contributed by atoms with Gasteiger partial charge in [0.2, 0.25) is 0 Å².